The van der Waals surface area contributed by atoms with E-state index in [0.717, 1.165) is 5.92 Å². The molecular formula is C13H26. The Morgan fingerprint density at radius 3 is 1.92 bits per heavy atom. The quantitative estimate of drug-likeness (QED) is 0.535. The number of hydrogen-bond donors (Lipinski definition) is 0. The molecule has 0 saturated carbocycles. The van der Waals surface area contributed by atoms with Crippen LogP contribution in [0.15, 0.2) is 11.1 Å². The molecule has 0 bridgehead atoms. The first-order chi connectivity index (χ1) is 6.00. The molecule has 0 aromatic heterocycles. The molecule has 1 atom stereocenters. The molecule has 13 heavy (non-hydrogen) atoms. The fraction of sp³-hybridized carbons (Fsp3) is 0.846. The zero-order valence-electron chi connectivity index (χ0n) is 10.3. The van der Waals surface area contributed by atoms with Gasteiger partial charge in [-0.05, 0) is 32.1 Å². The first kappa shape index (κ1) is 12.7. The molecule has 0 rings (SSSR count). The van der Waals surface area contributed by atoms with E-state index in [1.54, 1.807) is 11.1 Å². The molecule has 0 aromatic rings. The average molecular weight is 182 g/mol. The Bertz CT molecular complexity index is 163. The molecule has 0 aliphatic carbocycles. The highest BCUT2D eigenvalue weighted by Crippen LogP contribution is 2.23. The van der Waals surface area contributed by atoms with Crippen molar-refractivity contribution in [3.8, 4) is 0 Å². The normalized spacial score (nSPS) is 15.9. The second-order valence-electron chi connectivity index (χ2n) is 4.56. The number of rotatable bonds is 5. The number of unbranched alkanes of at least 4 members (excludes halogenated alkanes) is 1. The van der Waals surface area contributed by atoms with Gasteiger partial charge >= 0.3 is 0 Å². The second-order valence-corrected chi connectivity index (χ2v) is 4.56. The van der Waals surface area contributed by atoms with Gasteiger partial charge in [-0.1, -0.05) is 51.7 Å². The van der Waals surface area contributed by atoms with E-state index < -0.39 is 0 Å². The Hall–Kier alpha value is -0.260. The fourth-order valence-corrected chi connectivity index (χ4v) is 1.57. The molecule has 0 spiro atoms. The minimum atomic E-state index is 0.712. The molecule has 0 radical (unpaired) electrons. The highest BCUT2D eigenvalue weighted by molar-refractivity contribution is 5.13. The van der Waals surface area contributed by atoms with Crippen molar-refractivity contribution >= 4 is 0 Å². The van der Waals surface area contributed by atoms with Crippen molar-refractivity contribution < 1.29 is 0 Å². The Morgan fingerprint density at radius 1 is 1.00 bits per heavy atom. The van der Waals surface area contributed by atoms with Crippen LogP contribution in [0.4, 0.5) is 0 Å². The molecule has 0 heteroatoms. The molecule has 0 aliphatic heterocycles. The Balaban J connectivity index is 4.21. The lowest BCUT2D eigenvalue weighted by molar-refractivity contribution is 0.558. The van der Waals surface area contributed by atoms with Crippen LogP contribution in [0.25, 0.3) is 0 Å². The highest BCUT2D eigenvalue weighted by Gasteiger charge is 2.08. The molecular weight excluding hydrogens is 156 g/mol. The van der Waals surface area contributed by atoms with Crippen LogP contribution < -0.4 is 0 Å². The van der Waals surface area contributed by atoms with E-state index in [4.69, 9.17) is 0 Å². The zero-order chi connectivity index (χ0) is 10.4. The van der Waals surface area contributed by atoms with Crippen molar-refractivity contribution in [2.24, 2.45) is 11.8 Å². The zero-order valence-corrected chi connectivity index (χ0v) is 10.3. The molecule has 0 nitrogen and oxygen atoms in total. The van der Waals surface area contributed by atoms with Crippen molar-refractivity contribution in [3.63, 3.8) is 0 Å². The summed E-state index contributed by atoms with van der Waals surface area (Å²) in [7, 11) is 0. The first-order valence-corrected chi connectivity index (χ1v) is 5.67. The minimum Gasteiger partial charge on any atom is -0.0716 e. The molecule has 78 valence electrons. The largest absolute Gasteiger partial charge is 0.0716 e. The van der Waals surface area contributed by atoms with E-state index in [2.05, 4.69) is 41.5 Å². The predicted octanol–water partition coefficient (Wildman–Crippen LogP) is 4.81. The Morgan fingerprint density at radius 2 is 1.54 bits per heavy atom. The fourth-order valence-electron chi connectivity index (χ4n) is 1.57. The molecule has 0 heterocycles. The summed E-state index contributed by atoms with van der Waals surface area (Å²) in [6.07, 6.45) is 4.04. The third-order valence-corrected chi connectivity index (χ3v) is 3.22. The van der Waals surface area contributed by atoms with E-state index in [0.29, 0.717) is 5.92 Å². The van der Waals surface area contributed by atoms with Crippen molar-refractivity contribution in [2.75, 3.05) is 0 Å². The van der Waals surface area contributed by atoms with E-state index in [1.807, 2.05) is 0 Å². The van der Waals surface area contributed by atoms with E-state index >= 15 is 0 Å². The maximum Gasteiger partial charge on any atom is -0.0232 e. The molecule has 0 aliphatic rings. The van der Waals surface area contributed by atoms with Gasteiger partial charge in [0, 0.05) is 0 Å². The van der Waals surface area contributed by atoms with Crippen LogP contribution in [0, 0.1) is 11.8 Å². The molecule has 0 saturated heterocycles. The van der Waals surface area contributed by atoms with Crippen LogP contribution in [-0.2, 0) is 0 Å². The third-order valence-electron chi connectivity index (χ3n) is 3.22. The molecule has 0 aromatic carbocycles. The summed E-state index contributed by atoms with van der Waals surface area (Å²) < 4.78 is 0. The van der Waals surface area contributed by atoms with Gasteiger partial charge in [0.15, 0.2) is 0 Å². The highest BCUT2D eigenvalue weighted by atomic mass is 14.1. The van der Waals surface area contributed by atoms with Gasteiger partial charge in [0.2, 0.25) is 0 Å². The Labute approximate surface area is 84.4 Å². The SMILES string of the molecule is CCCCC(C)/C(C)=C(\C)C(C)C. The summed E-state index contributed by atoms with van der Waals surface area (Å²) in [6.45, 7) is 13.8. The summed E-state index contributed by atoms with van der Waals surface area (Å²) >= 11 is 0. The van der Waals surface area contributed by atoms with Crippen molar-refractivity contribution in [1.82, 2.24) is 0 Å². The molecule has 1 unspecified atom stereocenters. The first-order valence-electron chi connectivity index (χ1n) is 5.67. The van der Waals surface area contributed by atoms with Gasteiger partial charge < -0.3 is 0 Å². The molecule has 0 amide bonds. The summed E-state index contributed by atoms with van der Waals surface area (Å²) in [5, 5.41) is 0. The smallest absolute Gasteiger partial charge is 0.0232 e. The third kappa shape index (κ3) is 4.50. The van der Waals surface area contributed by atoms with Crippen LogP contribution >= 0.6 is 0 Å². The van der Waals surface area contributed by atoms with Gasteiger partial charge in [0.05, 0.1) is 0 Å². The van der Waals surface area contributed by atoms with Gasteiger partial charge in [-0.2, -0.15) is 0 Å². The van der Waals surface area contributed by atoms with Crippen LogP contribution in [0.3, 0.4) is 0 Å². The van der Waals surface area contributed by atoms with Crippen LogP contribution in [0.5, 0.6) is 0 Å². The molecule has 0 N–H and O–H groups in total. The standard InChI is InChI=1S/C13H26/c1-7-8-9-11(4)13(6)12(5)10(2)3/h10-11H,7-9H2,1-6H3/b13-12+. The topological polar surface area (TPSA) is 0 Å². The lowest BCUT2D eigenvalue weighted by atomic mass is 9.89. The average Bonchev–Trinajstić information content (AvgIpc) is 2.11. The lowest BCUT2D eigenvalue weighted by Gasteiger charge is -2.17. The number of hydrogen-bond acceptors (Lipinski definition) is 0. The summed E-state index contributed by atoms with van der Waals surface area (Å²) in [5.74, 6) is 1.49. The second kappa shape index (κ2) is 6.23. The van der Waals surface area contributed by atoms with Gasteiger partial charge in [-0.25, -0.2) is 0 Å². The minimum absolute atomic E-state index is 0.712. The van der Waals surface area contributed by atoms with Gasteiger partial charge in [0.1, 0.15) is 0 Å². The monoisotopic (exact) mass is 182 g/mol. The van der Waals surface area contributed by atoms with Gasteiger partial charge in [0.25, 0.3) is 0 Å². The van der Waals surface area contributed by atoms with Crippen molar-refractivity contribution in [2.45, 2.75) is 60.8 Å². The van der Waals surface area contributed by atoms with Gasteiger partial charge in [-0.15, -0.1) is 0 Å². The molecule has 0 fully saturated rings. The van der Waals surface area contributed by atoms with Crippen LogP contribution in [-0.4, -0.2) is 0 Å². The predicted molar refractivity (Wildman–Crippen MR) is 61.9 cm³/mol. The lowest BCUT2D eigenvalue weighted by Crippen LogP contribution is -2.02. The van der Waals surface area contributed by atoms with Crippen LogP contribution in [0.1, 0.15) is 60.8 Å². The van der Waals surface area contributed by atoms with Gasteiger partial charge in [-0.3, -0.25) is 0 Å². The van der Waals surface area contributed by atoms with Crippen molar-refractivity contribution in [1.29, 1.82) is 0 Å². The summed E-state index contributed by atoms with van der Waals surface area (Å²) in [6, 6.07) is 0. The van der Waals surface area contributed by atoms with Crippen molar-refractivity contribution in [3.05, 3.63) is 11.1 Å². The maximum atomic E-state index is 2.36. The summed E-state index contributed by atoms with van der Waals surface area (Å²) in [5.41, 5.74) is 3.20. The van der Waals surface area contributed by atoms with E-state index in [9.17, 15) is 0 Å². The van der Waals surface area contributed by atoms with E-state index in [1.165, 1.54) is 19.3 Å². The maximum absolute atomic E-state index is 2.36. The summed E-state index contributed by atoms with van der Waals surface area (Å²) in [4.78, 5) is 0. The van der Waals surface area contributed by atoms with Crippen LogP contribution in [0.2, 0.25) is 0 Å². The Kier molecular flexibility index (Phi) is 6.11. The van der Waals surface area contributed by atoms with E-state index in [-0.39, 0.29) is 0 Å². The number of allylic oxidation sites excluding steroid dienone is 2.